The van der Waals surface area contributed by atoms with Gasteiger partial charge in [-0.05, 0) is 105 Å². The molecule has 0 spiro atoms. The van der Waals surface area contributed by atoms with Gasteiger partial charge in [-0.25, -0.2) is 15.0 Å². The second-order valence-electron chi connectivity index (χ2n) is 17.6. The van der Waals surface area contributed by atoms with Crippen LogP contribution in [0.15, 0.2) is 228 Å². The van der Waals surface area contributed by atoms with E-state index in [1.54, 1.807) is 0 Å². The fourth-order valence-electron chi connectivity index (χ4n) is 9.73. The topological polar surface area (TPSA) is 72.1 Å². The van der Waals surface area contributed by atoms with Gasteiger partial charge in [0.1, 0.15) is 11.2 Å². The monoisotopic (exact) mass is 862 g/mol. The molecule has 0 saturated carbocycles. The van der Waals surface area contributed by atoms with Crippen molar-refractivity contribution in [1.29, 1.82) is 0 Å². The highest BCUT2D eigenvalue weighted by atomic mass is 16.3. The van der Waals surface area contributed by atoms with Gasteiger partial charge in [-0.15, -0.1) is 0 Å². The van der Waals surface area contributed by atoms with Crippen LogP contribution in [0.25, 0.3) is 89.5 Å². The molecule has 2 aromatic heterocycles. The molecule has 11 aromatic rings. The summed E-state index contributed by atoms with van der Waals surface area (Å²) in [5.74, 6) is 1.56. The molecule has 1 aliphatic carbocycles. The molecule has 12 rings (SSSR count). The first kappa shape index (κ1) is 39.8. The van der Waals surface area contributed by atoms with Crippen LogP contribution in [0.1, 0.15) is 25.0 Å². The SMILES string of the molecule is CC1(C)c2ccccc2-c2c(-c3ccc(N(c4ccc(-c5ccccc5)cc4)c4ccc5oc6ccc(-c7nc(-c8ccccc8)nc(-c8ccccc8)n7)cc6c(=O)c5c4)cc3)cccc21. The molecule has 0 radical (unpaired) electrons. The number of fused-ring (bicyclic) bond motifs is 5. The van der Waals surface area contributed by atoms with Crippen LogP contribution in [0.2, 0.25) is 0 Å². The number of rotatable bonds is 8. The first-order valence-electron chi connectivity index (χ1n) is 22.5. The van der Waals surface area contributed by atoms with Crippen LogP contribution in [0.4, 0.5) is 17.1 Å². The molecule has 9 aromatic carbocycles. The highest BCUT2D eigenvalue weighted by Gasteiger charge is 2.36. The fourth-order valence-corrected chi connectivity index (χ4v) is 9.73. The maximum Gasteiger partial charge on any atom is 0.200 e. The number of aromatic nitrogens is 3. The maximum atomic E-state index is 14.8. The zero-order chi connectivity index (χ0) is 45.1. The standard InChI is InChI=1S/C61H42N4O2/c1-61(2)52-23-13-12-21-49(52)56-48(22-14-24-53(56)61)41-27-32-46(33-28-41)65(45-30-25-40(26-31-45)39-15-6-3-7-16-39)47-34-36-55-51(38-47)57(66)50-37-44(29-35-54(50)67-55)60-63-58(42-17-8-4-9-18-42)62-59(64-60)43-19-10-5-11-20-43/h3-38H,1-2H3. The number of nitrogens with zero attached hydrogens (tertiary/aromatic N) is 4. The predicted molar refractivity (Wildman–Crippen MR) is 273 cm³/mol. The maximum absolute atomic E-state index is 14.8. The minimum Gasteiger partial charge on any atom is -0.456 e. The Morgan fingerprint density at radius 1 is 0.388 bits per heavy atom. The van der Waals surface area contributed by atoms with E-state index in [1.807, 2.05) is 103 Å². The Bertz CT molecular complexity index is 3660. The second-order valence-corrected chi connectivity index (χ2v) is 17.6. The van der Waals surface area contributed by atoms with E-state index < -0.39 is 0 Å². The van der Waals surface area contributed by atoms with Crippen LogP contribution < -0.4 is 10.3 Å². The molecule has 6 heteroatoms. The van der Waals surface area contributed by atoms with Crippen LogP contribution in [-0.2, 0) is 5.41 Å². The van der Waals surface area contributed by atoms with Crippen molar-refractivity contribution < 1.29 is 4.42 Å². The molecule has 0 N–H and O–H groups in total. The van der Waals surface area contributed by atoms with Crippen LogP contribution in [0, 0.1) is 0 Å². The molecule has 1 aliphatic rings. The van der Waals surface area contributed by atoms with Crippen molar-refractivity contribution in [1.82, 2.24) is 15.0 Å². The lowest BCUT2D eigenvalue weighted by Gasteiger charge is -2.26. The van der Waals surface area contributed by atoms with E-state index in [0.29, 0.717) is 45.0 Å². The van der Waals surface area contributed by atoms with E-state index in [1.165, 1.54) is 27.8 Å². The van der Waals surface area contributed by atoms with Gasteiger partial charge in [0.05, 0.1) is 10.8 Å². The molecule has 67 heavy (non-hydrogen) atoms. The van der Waals surface area contributed by atoms with E-state index >= 15 is 0 Å². The summed E-state index contributed by atoms with van der Waals surface area (Å²) < 4.78 is 6.48. The first-order valence-corrected chi connectivity index (χ1v) is 22.5. The molecule has 318 valence electrons. The van der Waals surface area contributed by atoms with Gasteiger partial charge in [0.15, 0.2) is 17.5 Å². The number of hydrogen-bond donors (Lipinski definition) is 0. The summed E-state index contributed by atoms with van der Waals surface area (Å²) in [6, 6.07) is 74.3. The van der Waals surface area contributed by atoms with Crippen LogP contribution in [0.3, 0.4) is 0 Å². The zero-order valence-electron chi connectivity index (χ0n) is 36.9. The van der Waals surface area contributed by atoms with Gasteiger partial charge in [-0.1, -0.05) is 172 Å². The van der Waals surface area contributed by atoms with E-state index in [4.69, 9.17) is 19.4 Å². The van der Waals surface area contributed by atoms with Crippen molar-refractivity contribution in [3.63, 3.8) is 0 Å². The quantitative estimate of drug-likeness (QED) is 0.142. The average molecular weight is 863 g/mol. The second kappa shape index (κ2) is 16.1. The van der Waals surface area contributed by atoms with E-state index in [-0.39, 0.29) is 10.8 Å². The molecule has 0 aliphatic heterocycles. The van der Waals surface area contributed by atoms with Gasteiger partial charge < -0.3 is 9.32 Å². The molecule has 0 fully saturated rings. The third kappa shape index (κ3) is 6.98. The summed E-state index contributed by atoms with van der Waals surface area (Å²) >= 11 is 0. The number of benzene rings is 9. The molecule has 0 amide bonds. The lowest BCUT2D eigenvalue weighted by molar-refractivity contribution is 0.660. The summed E-state index contributed by atoms with van der Waals surface area (Å²) in [6.07, 6.45) is 0. The lowest BCUT2D eigenvalue weighted by Crippen LogP contribution is -2.14. The third-order valence-corrected chi connectivity index (χ3v) is 13.1. The Balaban J connectivity index is 0.973. The van der Waals surface area contributed by atoms with Gasteiger partial charge in [0.25, 0.3) is 0 Å². The lowest BCUT2D eigenvalue weighted by atomic mass is 9.82. The Kier molecular flexibility index (Phi) is 9.54. The van der Waals surface area contributed by atoms with Crippen molar-refractivity contribution >= 4 is 39.0 Å². The van der Waals surface area contributed by atoms with Gasteiger partial charge in [-0.2, -0.15) is 0 Å². The van der Waals surface area contributed by atoms with Crippen LogP contribution >= 0.6 is 0 Å². The van der Waals surface area contributed by atoms with Crippen molar-refractivity contribution in [2.45, 2.75) is 19.3 Å². The minimum absolute atomic E-state index is 0.0924. The largest absolute Gasteiger partial charge is 0.456 e. The summed E-state index contributed by atoms with van der Waals surface area (Å²) in [6.45, 7) is 4.63. The van der Waals surface area contributed by atoms with Crippen molar-refractivity contribution in [2.24, 2.45) is 0 Å². The van der Waals surface area contributed by atoms with Gasteiger partial charge in [-0.3, -0.25) is 4.79 Å². The Hall–Kier alpha value is -8.74. The summed E-state index contributed by atoms with van der Waals surface area (Å²) in [4.78, 5) is 31.7. The molecular formula is C61H42N4O2. The number of anilines is 3. The van der Waals surface area contributed by atoms with Crippen molar-refractivity contribution in [3.05, 3.63) is 240 Å². The number of hydrogen-bond acceptors (Lipinski definition) is 6. The molecule has 2 heterocycles. The minimum atomic E-state index is -0.142. The smallest absolute Gasteiger partial charge is 0.200 e. The zero-order valence-corrected chi connectivity index (χ0v) is 36.9. The van der Waals surface area contributed by atoms with Gasteiger partial charge in [0, 0.05) is 39.2 Å². The third-order valence-electron chi connectivity index (χ3n) is 13.1. The molecule has 0 unspecified atom stereocenters. The van der Waals surface area contributed by atoms with E-state index in [0.717, 1.165) is 44.9 Å². The predicted octanol–water partition coefficient (Wildman–Crippen LogP) is 15.2. The van der Waals surface area contributed by atoms with Crippen molar-refractivity contribution in [2.75, 3.05) is 4.90 Å². The first-order chi connectivity index (χ1) is 32.9. The van der Waals surface area contributed by atoms with Crippen LogP contribution in [-0.4, -0.2) is 15.0 Å². The molecule has 0 bridgehead atoms. The Labute approximate surface area is 388 Å². The average Bonchev–Trinajstić information content (AvgIpc) is 3.63. The van der Waals surface area contributed by atoms with Gasteiger partial charge in [0.2, 0.25) is 5.43 Å². The van der Waals surface area contributed by atoms with E-state index in [9.17, 15) is 4.79 Å². The molecule has 6 nitrogen and oxygen atoms in total. The van der Waals surface area contributed by atoms with E-state index in [2.05, 4.69) is 134 Å². The van der Waals surface area contributed by atoms with Crippen molar-refractivity contribution in [3.8, 4) is 67.5 Å². The Morgan fingerprint density at radius 3 is 1.46 bits per heavy atom. The summed E-state index contributed by atoms with van der Waals surface area (Å²) in [7, 11) is 0. The summed E-state index contributed by atoms with van der Waals surface area (Å²) in [5, 5.41) is 0.907. The Morgan fingerprint density at radius 2 is 0.836 bits per heavy atom. The highest BCUT2D eigenvalue weighted by Crippen LogP contribution is 2.52. The molecule has 0 atom stereocenters. The van der Waals surface area contributed by atoms with Crippen LogP contribution in [0.5, 0.6) is 0 Å². The molecule has 0 saturated heterocycles. The van der Waals surface area contributed by atoms with Gasteiger partial charge >= 0.3 is 0 Å². The summed E-state index contributed by atoms with van der Waals surface area (Å²) in [5.41, 5.74) is 15.8. The fraction of sp³-hybridized carbons (Fsp3) is 0.0492. The highest BCUT2D eigenvalue weighted by molar-refractivity contribution is 5.96. The normalized spacial score (nSPS) is 12.5. The molecular weight excluding hydrogens is 821 g/mol.